The van der Waals surface area contributed by atoms with Crippen LogP contribution in [-0.4, -0.2) is 28.6 Å². The van der Waals surface area contributed by atoms with E-state index in [9.17, 15) is 9.18 Å². The number of carbonyl (C=O) groups is 1. The monoisotopic (exact) mass is 430 g/mol. The fourth-order valence-electron chi connectivity index (χ4n) is 4.04. The Morgan fingerprint density at radius 3 is 2.44 bits per heavy atom. The first-order valence-electron chi connectivity index (χ1n) is 10.9. The molecule has 4 aromatic rings. The van der Waals surface area contributed by atoms with Crippen molar-refractivity contribution in [1.82, 2.24) is 9.47 Å². The maximum absolute atomic E-state index is 13.6. The Balaban J connectivity index is 1.81. The van der Waals surface area contributed by atoms with Crippen molar-refractivity contribution in [2.24, 2.45) is 0 Å². The van der Waals surface area contributed by atoms with Gasteiger partial charge in [-0.2, -0.15) is 0 Å². The molecule has 1 heterocycles. The molecule has 0 saturated carbocycles. The van der Waals surface area contributed by atoms with Gasteiger partial charge in [-0.25, -0.2) is 9.18 Å². The van der Waals surface area contributed by atoms with Crippen LogP contribution >= 0.6 is 0 Å². The van der Waals surface area contributed by atoms with Crippen LogP contribution in [0.4, 0.5) is 9.18 Å². The number of rotatable bonds is 6. The zero-order chi connectivity index (χ0) is 22.7. The Kier molecular flexibility index (Phi) is 6.26. The van der Waals surface area contributed by atoms with E-state index in [1.54, 1.807) is 17.0 Å². The van der Waals surface area contributed by atoms with Gasteiger partial charge in [0.05, 0.1) is 0 Å². The summed E-state index contributed by atoms with van der Waals surface area (Å²) < 4.78 is 21.6. The van der Waals surface area contributed by atoms with Gasteiger partial charge in [-0.05, 0) is 62.2 Å². The summed E-state index contributed by atoms with van der Waals surface area (Å²) in [7, 11) is 0. The van der Waals surface area contributed by atoms with Gasteiger partial charge in [0.25, 0.3) is 0 Å². The van der Waals surface area contributed by atoms with Gasteiger partial charge in [0.1, 0.15) is 11.6 Å². The summed E-state index contributed by atoms with van der Waals surface area (Å²) in [5.41, 5.74) is 5.03. The van der Waals surface area contributed by atoms with Crippen LogP contribution in [0.25, 0.3) is 22.0 Å². The van der Waals surface area contributed by atoms with Crippen molar-refractivity contribution in [3.63, 3.8) is 0 Å². The third kappa shape index (κ3) is 4.37. The average Bonchev–Trinajstić information content (AvgIpc) is 3.18. The molecule has 5 heteroatoms. The standard InChI is InChI=1S/C27H27FN2O2/c1-4-29(5-2)27(31)32-25-14-13-24-23(26(25)21-9-11-22(28)12-10-21)15-16-30(24)18-20-8-6-7-19(3)17-20/h6-17H,4-5,18H2,1-3H3. The number of hydrogen-bond donors (Lipinski definition) is 0. The number of benzene rings is 3. The van der Waals surface area contributed by atoms with Crippen molar-refractivity contribution in [3.8, 4) is 16.9 Å². The molecule has 0 spiro atoms. The van der Waals surface area contributed by atoms with Gasteiger partial charge in [-0.15, -0.1) is 0 Å². The molecule has 0 radical (unpaired) electrons. The molecule has 3 aromatic carbocycles. The van der Waals surface area contributed by atoms with E-state index in [1.165, 1.54) is 23.3 Å². The van der Waals surface area contributed by atoms with Gasteiger partial charge < -0.3 is 14.2 Å². The molecule has 0 bridgehead atoms. The van der Waals surface area contributed by atoms with Crippen LogP contribution in [0.3, 0.4) is 0 Å². The lowest BCUT2D eigenvalue weighted by Crippen LogP contribution is -2.33. The van der Waals surface area contributed by atoms with Gasteiger partial charge in [-0.3, -0.25) is 0 Å². The van der Waals surface area contributed by atoms with Crippen LogP contribution < -0.4 is 4.74 Å². The number of fused-ring (bicyclic) bond motifs is 1. The van der Waals surface area contributed by atoms with E-state index in [2.05, 4.69) is 35.8 Å². The second-order valence-corrected chi connectivity index (χ2v) is 7.85. The van der Waals surface area contributed by atoms with Gasteiger partial charge in [-0.1, -0.05) is 42.0 Å². The highest BCUT2D eigenvalue weighted by atomic mass is 19.1. The Labute approximate surface area is 187 Å². The van der Waals surface area contributed by atoms with Gasteiger partial charge >= 0.3 is 6.09 Å². The van der Waals surface area contributed by atoms with E-state index in [-0.39, 0.29) is 5.82 Å². The lowest BCUT2D eigenvalue weighted by molar-refractivity contribution is 0.157. The van der Waals surface area contributed by atoms with Gasteiger partial charge in [0.2, 0.25) is 0 Å². The van der Waals surface area contributed by atoms with E-state index in [0.29, 0.717) is 18.8 Å². The van der Waals surface area contributed by atoms with E-state index in [4.69, 9.17) is 4.74 Å². The second kappa shape index (κ2) is 9.27. The molecule has 1 amide bonds. The molecule has 32 heavy (non-hydrogen) atoms. The lowest BCUT2D eigenvalue weighted by Gasteiger charge is -2.20. The van der Waals surface area contributed by atoms with Crippen molar-refractivity contribution in [2.75, 3.05) is 13.1 Å². The molecule has 0 fully saturated rings. The average molecular weight is 431 g/mol. The number of ether oxygens (including phenoxy) is 1. The summed E-state index contributed by atoms with van der Waals surface area (Å²) in [5, 5.41) is 0.953. The van der Waals surface area contributed by atoms with E-state index in [0.717, 1.165) is 28.6 Å². The fourth-order valence-corrected chi connectivity index (χ4v) is 4.04. The van der Waals surface area contributed by atoms with Crippen molar-refractivity contribution in [2.45, 2.75) is 27.3 Å². The van der Waals surface area contributed by atoms with Crippen LogP contribution in [0.5, 0.6) is 5.75 Å². The molecule has 1 aromatic heterocycles. The summed E-state index contributed by atoms with van der Waals surface area (Å²) in [6.45, 7) is 7.78. The normalized spacial score (nSPS) is 11.0. The number of hydrogen-bond acceptors (Lipinski definition) is 2. The Hall–Kier alpha value is -3.60. The predicted octanol–water partition coefficient (Wildman–Crippen LogP) is 6.64. The number of aromatic nitrogens is 1. The van der Waals surface area contributed by atoms with Crippen LogP contribution in [0, 0.1) is 12.7 Å². The van der Waals surface area contributed by atoms with Gasteiger partial charge in [0.15, 0.2) is 0 Å². The van der Waals surface area contributed by atoms with Crippen molar-refractivity contribution < 1.29 is 13.9 Å². The summed E-state index contributed by atoms with van der Waals surface area (Å²) in [4.78, 5) is 14.3. The molecule has 0 aliphatic rings. The molecule has 0 unspecified atom stereocenters. The minimum atomic E-state index is -0.392. The van der Waals surface area contributed by atoms with Crippen LogP contribution in [-0.2, 0) is 6.54 Å². The first kappa shape index (κ1) is 21.6. The molecule has 0 atom stereocenters. The molecular weight excluding hydrogens is 403 g/mol. The Morgan fingerprint density at radius 1 is 1.00 bits per heavy atom. The predicted molar refractivity (Wildman–Crippen MR) is 127 cm³/mol. The summed E-state index contributed by atoms with van der Waals surface area (Å²) in [6, 6.07) is 20.5. The molecule has 0 saturated heterocycles. The van der Waals surface area contributed by atoms with Crippen LogP contribution in [0.1, 0.15) is 25.0 Å². The van der Waals surface area contributed by atoms with Crippen LogP contribution in [0.15, 0.2) is 72.9 Å². The number of carbonyl (C=O) groups excluding carboxylic acids is 1. The molecule has 0 aliphatic carbocycles. The third-order valence-electron chi connectivity index (χ3n) is 5.70. The Morgan fingerprint density at radius 2 is 1.75 bits per heavy atom. The largest absolute Gasteiger partial charge is 0.415 e. The molecule has 4 rings (SSSR count). The zero-order valence-corrected chi connectivity index (χ0v) is 18.6. The molecule has 0 aliphatic heterocycles. The Bertz CT molecular complexity index is 1240. The maximum Gasteiger partial charge on any atom is 0.415 e. The molecular formula is C27H27FN2O2. The van der Waals surface area contributed by atoms with E-state index < -0.39 is 6.09 Å². The lowest BCUT2D eigenvalue weighted by atomic mass is 10.0. The quantitative estimate of drug-likeness (QED) is 0.343. The second-order valence-electron chi connectivity index (χ2n) is 7.85. The number of aryl methyl sites for hydroxylation is 1. The summed E-state index contributed by atoms with van der Waals surface area (Å²) in [5.74, 6) is 0.161. The van der Waals surface area contributed by atoms with Crippen LogP contribution in [0.2, 0.25) is 0 Å². The highest BCUT2D eigenvalue weighted by Crippen LogP contribution is 2.38. The third-order valence-corrected chi connectivity index (χ3v) is 5.70. The molecule has 164 valence electrons. The summed E-state index contributed by atoms with van der Waals surface area (Å²) >= 11 is 0. The van der Waals surface area contributed by atoms with Crippen molar-refractivity contribution >= 4 is 17.0 Å². The van der Waals surface area contributed by atoms with E-state index in [1.807, 2.05) is 38.2 Å². The fraction of sp³-hybridized carbons (Fsp3) is 0.222. The minimum Gasteiger partial charge on any atom is -0.410 e. The number of nitrogens with zero attached hydrogens (tertiary/aromatic N) is 2. The topological polar surface area (TPSA) is 34.5 Å². The van der Waals surface area contributed by atoms with Gasteiger partial charge in [0, 0.05) is 42.3 Å². The highest BCUT2D eigenvalue weighted by Gasteiger charge is 2.19. The SMILES string of the molecule is CCN(CC)C(=O)Oc1ccc2c(ccn2Cc2cccc(C)c2)c1-c1ccc(F)cc1. The molecule has 4 nitrogen and oxygen atoms in total. The maximum atomic E-state index is 13.6. The minimum absolute atomic E-state index is 0.306. The van der Waals surface area contributed by atoms with Crippen molar-refractivity contribution in [3.05, 3.63) is 89.9 Å². The number of amides is 1. The van der Waals surface area contributed by atoms with E-state index >= 15 is 0 Å². The number of halogens is 1. The smallest absolute Gasteiger partial charge is 0.410 e. The zero-order valence-electron chi connectivity index (χ0n) is 18.6. The molecule has 0 N–H and O–H groups in total. The first-order chi connectivity index (χ1) is 15.5. The highest BCUT2D eigenvalue weighted by molar-refractivity contribution is 5.99. The van der Waals surface area contributed by atoms with Crippen molar-refractivity contribution in [1.29, 1.82) is 0 Å². The first-order valence-corrected chi connectivity index (χ1v) is 10.9. The summed E-state index contributed by atoms with van der Waals surface area (Å²) in [6.07, 6.45) is 1.65.